The van der Waals surface area contributed by atoms with Crippen LogP contribution in [-0.2, 0) is 9.53 Å². The number of hydrogen-bond donors (Lipinski definition) is 0. The number of nitrogens with zero attached hydrogens (tertiary/aromatic N) is 3. The van der Waals surface area contributed by atoms with Gasteiger partial charge in [-0.15, -0.1) is 0 Å². The SMILES string of the molecule is CCOC(=O)C1=C(C)N=c2s/c(=C\c3cc(C)n(-c4ccc5ccccc5c4)c3C)c(=O)n2[C@@H]1c1ccccc1OCC. The molecule has 0 spiro atoms. The highest BCUT2D eigenvalue weighted by Crippen LogP contribution is 2.36. The van der Waals surface area contributed by atoms with E-state index in [1.54, 1.807) is 18.4 Å². The zero-order valence-electron chi connectivity index (χ0n) is 24.9. The van der Waals surface area contributed by atoms with Crippen LogP contribution in [0.2, 0.25) is 0 Å². The van der Waals surface area contributed by atoms with E-state index in [1.807, 2.05) is 49.4 Å². The van der Waals surface area contributed by atoms with E-state index < -0.39 is 12.0 Å². The summed E-state index contributed by atoms with van der Waals surface area (Å²) in [5.74, 6) is 0.119. The van der Waals surface area contributed by atoms with Gasteiger partial charge >= 0.3 is 5.97 Å². The number of esters is 1. The number of para-hydroxylation sites is 1. The molecule has 1 aliphatic rings. The van der Waals surface area contributed by atoms with Crippen molar-refractivity contribution in [3.8, 4) is 11.4 Å². The third kappa shape index (κ3) is 5.02. The fourth-order valence-corrected chi connectivity index (χ4v) is 6.90. The summed E-state index contributed by atoms with van der Waals surface area (Å²) < 4.78 is 15.7. The quantitative estimate of drug-likeness (QED) is 0.226. The van der Waals surface area contributed by atoms with Gasteiger partial charge in [0, 0.05) is 22.6 Å². The maximum absolute atomic E-state index is 14.2. The molecule has 0 aliphatic carbocycles. The Kier molecular flexibility index (Phi) is 7.62. The Bertz CT molecular complexity index is 2100. The average Bonchev–Trinajstić information content (AvgIpc) is 3.46. The molecule has 0 saturated heterocycles. The Labute approximate surface area is 253 Å². The summed E-state index contributed by atoms with van der Waals surface area (Å²) in [6.45, 7) is 10.3. The van der Waals surface area contributed by atoms with Crippen LogP contribution in [0.4, 0.5) is 0 Å². The van der Waals surface area contributed by atoms with Crippen LogP contribution in [0.3, 0.4) is 0 Å². The number of hydrogen-bond acceptors (Lipinski definition) is 6. The maximum Gasteiger partial charge on any atom is 0.338 e. The first-order chi connectivity index (χ1) is 20.8. The molecule has 2 aromatic heterocycles. The third-order valence-corrected chi connectivity index (χ3v) is 8.76. The zero-order chi connectivity index (χ0) is 30.2. The summed E-state index contributed by atoms with van der Waals surface area (Å²) in [6, 6.07) is 23.6. The lowest BCUT2D eigenvalue weighted by molar-refractivity contribution is -0.139. The summed E-state index contributed by atoms with van der Waals surface area (Å²) in [5.41, 5.74) is 5.46. The summed E-state index contributed by atoms with van der Waals surface area (Å²) >= 11 is 1.32. The number of ether oxygens (including phenoxy) is 2. The van der Waals surface area contributed by atoms with Crippen molar-refractivity contribution in [2.45, 2.75) is 40.7 Å². The fourth-order valence-electron chi connectivity index (χ4n) is 5.87. The average molecular weight is 592 g/mol. The molecule has 0 saturated carbocycles. The van der Waals surface area contributed by atoms with Crippen LogP contribution >= 0.6 is 11.3 Å². The minimum absolute atomic E-state index is 0.215. The maximum atomic E-state index is 14.2. The van der Waals surface area contributed by atoms with Crippen molar-refractivity contribution < 1.29 is 14.3 Å². The molecule has 3 aromatic carbocycles. The number of carbonyl (C=O) groups is 1. The van der Waals surface area contributed by atoms with Gasteiger partial charge in [0.2, 0.25) is 0 Å². The van der Waals surface area contributed by atoms with Crippen molar-refractivity contribution in [2.24, 2.45) is 4.99 Å². The molecule has 0 fully saturated rings. The Hall–Kier alpha value is -4.69. The number of benzene rings is 3. The third-order valence-electron chi connectivity index (χ3n) is 7.78. The molecule has 0 unspecified atom stereocenters. The number of rotatable bonds is 7. The molecule has 3 heterocycles. The molecule has 0 bridgehead atoms. The van der Waals surface area contributed by atoms with Crippen LogP contribution in [0.5, 0.6) is 5.75 Å². The van der Waals surface area contributed by atoms with Gasteiger partial charge in [0.25, 0.3) is 5.56 Å². The number of allylic oxidation sites excluding steroid dienone is 1. The lowest BCUT2D eigenvalue weighted by atomic mass is 9.95. The van der Waals surface area contributed by atoms with E-state index in [4.69, 9.17) is 14.5 Å². The monoisotopic (exact) mass is 591 g/mol. The van der Waals surface area contributed by atoms with E-state index in [1.165, 1.54) is 22.1 Å². The van der Waals surface area contributed by atoms with Gasteiger partial charge in [0.15, 0.2) is 4.80 Å². The van der Waals surface area contributed by atoms with Gasteiger partial charge in [-0.05, 0) is 81.3 Å². The van der Waals surface area contributed by atoms with E-state index >= 15 is 0 Å². The summed E-state index contributed by atoms with van der Waals surface area (Å²) in [4.78, 5) is 32.7. The van der Waals surface area contributed by atoms with Gasteiger partial charge < -0.3 is 14.0 Å². The van der Waals surface area contributed by atoms with Crippen LogP contribution in [-0.4, -0.2) is 28.3 Å². The van der Waals surface area contributed by atoms with E-state index in [9.17, 15) is 9.59 Å². The second-order valence-electron chi connectivity index (χ2n) is 10.5. The van der Waals surface area contributed by atoms with Crippen molar-refractivity contribution in [3.63, 3.8) is 0 Å². The van der Waals surface area contributed by atoms with Gasteiger partial charge in [-0.2, -0.15) is 0 Å². The van der Waals surface area contributed by atoms with Crippen molar-refractivity contribution >= 4 is 34.2 Å². The van der Waals surface area contributed by atoms with Gasteiger partial charge in [-0.25, -0.2) is 9.79 Å². The van der Waals surface area contributed by atoms with E-state index in [0.29, 0.717) is 38.5 Å². The molecule has 8 heteroatoms. The van der Waals surface area contributed by atoms with E-state index in [2.05, 4.69) is 54.8 Å². The predicted octanol–water partition coefficient (Wildman–Crippen LogP) is 5.76. The lowest BCUT2D eigenvalue weighted by Crippen LogP contribution is -2.40. The molecule has 0 amide bonds. The number of fused-ring (bicyclic) bond motifs is 2. The Morgan fingerprint density at radius 2 is 1.70 bits per heavy atom. The topological polar surface area (TPSA) is 74.8 Å². The van der Waals surface area contributed by atoms with Gasteiger partial charge in [0.05, 0.1) is 29.0 Å². The van der Waals surface area contributed by atoms with Crippen molar-refractivity contribution in [3.05, 3.63) is 126 Å². The first-order valence-corrected chi connectivity index (χ1v) is 15.2. The summed E-state index contributed by atoms with van der Waals surface area (Å²) in [6.07, 6.45) is 1.93. The van der Waals surface area contributed by atoms with Gasteiger partial charge in [-0.1, -0.05) is 59.9 Å². The normalized spacial score (nSPS) is 15.0. The highest BCUT2D eigenvalue weighted by molar-refractivity contribution is 7.07. The molecule has 5 aromatic rings. The Morgan fingerprint density at radius 3 is 2.47 bits per heavy atom. The smallest absolute Gasteiger partial charge is 0.338 e. The molecular weight excluding hydrogens is 558 g/mol. The van der Waals surface area contributed by atoms with E-state index in [-0.39, 0.29) is 12.2 Å². The van der Waals surface area contributed by atoms with Crippen LogP contribution in [0.15, 0.2) is 93.9 Å². The number of aromatic nitrogens is 2. The lowest BCUT2D eigenvalue weighted by Gasteiger charge is -2.26. The molecule has 6 rings (SSSR count). The number of thiazole rings is 1. The number of aryl methyl sites for hydroxylation is 1. The fraction of sp³-hybridized carbons (Fsp3) is 0.229. The minimum Gasteiger partial charge on any atom is -0.494 e. The molecule has 0 N–H and O–H groups in total. The second-order valence-corrected chi connectivity index (χ2v) is 11.5. The standard InChI is InChI=1S/C35H33N3O4S/c1-6-41-29-15-11-10-14-28(29)32-31(34(40)42-7-2)22(4)36-35-38(32)33(39)30(43-35)20-26-18-21(3)37(23(26)5)27-17-16-24-12-8-9-13-25(24)19-27/h8-20,32H,6-7H2,1-5H3/b30-20-/t32-/m1/s1. The van der Waals surface area contributed by atoms with E-state index in [0.717, 1.165) is 22.6 Å². The van der Waals surface area contributed by atoms with Crippen molar-refractivity contribution in [2.75, 3.05) is 13.2 Å². The van der Waals surface area contributed by atoms with Crippen LogP contribution in [0, 0.1) is 13.8 Å². The Balaban J connectivity index is 1.52. The molecular formula is C35H33N3O4S. The summed E-state index contributed by atoms with van der Waals surface area (Å²) in [7, 11) is 0. The van der Waals surface area contributed by atoms with Crippen LogP contribution in [0.25, 0.3) is 22.5 Å². The highest BCUT2D eigenvalue weighted by Gasteiger charge is 2.35. The first-order valence-electron chi connectivity index (χ1n) is 14.4. The van der Waals surface area contributed by atoms with Gasteiger partial charge in [-0.3, -0.25) is 9.36 Å². The minimum atomic E-state index is -0.731. The predicted molar refractivity (Wildman–Crippen MR) is 171 cm³/mol. The second kappa shape index (κ2) is 11.5. The molecule has 0 radical (unpaired) electrons. The van der Waals surface area contributed by atoms with Gasteiger partial charge in [0.1, 0.15) is 11.8 Å². The van der Waals surface area contributed by atoms with Crippen molar-refractivity contribution in [1.82, 2.24) is 9.13 Å². The highest BCUT2D eigenvalue weighted by atomic mass is 32.1. The molecule has 1 aliphatic heterocycles. The largest absolute Gasteiger partial charge is 0.494 e. The number of carbonyl (C=O) groups excluding carboxylic acids is 1. The Morgan fingerprint density at radius 1 is 0.953 bits per heavy atom. The van der Waals surface area contributed by atoms with Crippen molar-refractivity contribution in [1.29, 1.82) is 0 Å². The first kappa shape index (κ1) is 28.4. The molecule has 7 nitrogen and oxygen atoms in total. The molecule has 43 heavy (non-hydrogen) atoms. The van der Waals surface area contributed by atoms with Crippen LogP contribution < -0.4 is 19.6 Å². The molecule has 1 atom stereocenters. The summed E-state index contributed by atoms with van der Waals surface area (Å²) in [5, 5.41) is 2.36. The molecule has 218 valence electrons. The zero-order valence-corrected chi connectivity index (χ0v) is 25.7. The van der Waals surface area contributed by atoms with Crippen LogP contribution in [0.1, 0.15) is 49.3 Å².